The summed E-state index contributed by atoms with van der Waals surface area (Å²) in [6.45, 7) is 2.64. The Morgan fingerprint density at radius 1 is 1.17 bits per heavy atom. The number of carbonyl (C=O) groups excluding carboxylic acids is 1. The number of halogens is 1. The molecular weight excluding hydrogens is 404 g/mol. The minimum atomic E-state index is -0.435. The van der Waals surface area contributed by atoms with Crippen LogP contribution in [-0.2, 0) is 11.3 Å². The van der Waals surface area contributed by atoms with Crippen molar-refractivity contribution in [1.29, 1.82) is 0 Å². The molecule has 2 N–H and O–H groups in total. The molecule has 7 nitrogen and oxygen atoms in total. The van der Waals surface area contributed by atoms with Gasteiger partial charge in [0.15, 0.2) is 0 Å². The molecular formula is C22H23ClN4O3. The maximum atomic E-state index is 12.5. The minimum absolute atomic E-state index is 0.0708. The van der Waals surface area contributed by atoms with E-state index in [0.717, 1.165) is 11.3 Å². The molecule has 0 aliphatic rings. The minimum Gasteiger partial charge on any atom is -0.383 e. The molecule has 0 saturated heterocycles. The van der Waals surface area contributed by atoms with Crippen LogP contribution in [0.1, 0.15) is 29.0 Å². The highest BCUT2D eigenvalue weighted by atomic mass is 35.5. The summed E-state index contributed by atoms with van der Waals surface area (Å²) in [5, 5.41) is 10.7. The summed E-state index contributed by atoms with van der Waals surface area (Å²) in [5.41, 5.74) is 2.26. The van der Waals surface area contributed by atoms with Gasteiger partial charge in [0.2, 0.25) is 0 Å². The monoisotopic (exact) mass is 426 g/mol. The first kappa shape index (κ1) is 21.5. The van der Waals surface area contributed by atoms with Gasteiger partial charge in [-0.3, -0.25) is 9.59 Å². The third-order valence-corrected chi connectivity index (χ3v) is 4.82. The van der Waals surface area contributed by atoms with E-state index in [1.165, 1.54) is 23.9 Å². The molecule has 30 heavy (non-hydrogen) atoms. The van der Waals surface area contributed by atoms with Crippen LogP contribution in [0.25, 0.3) is 0 Å². The van der Waals surface area contributed by atoms with E-state index in [4.69, 9.17) is 16.3 Å². The van der Waals surface area contributed by atoms with Gasteiger partial charge < -0.3 is 15.4 Å². The molecule has 0 fully saturated rings. The van der Waals surface area contributed by atoms with E-state index in [1.807, 2.05) is 43.3 Å². The zero-order valence-electron chi connectivity index (χ0n) is 16.8. The number of aromatic nitrogens is 2. The van der Waals surface area contributed by atoms with E-state index in [-0.39, 0.29) is 23.8 Å². The fraction of sp³-hybridized carbons (Fsp3) is 0.227. The van der Waals surface area contributed by atoms with Gasteiger partial charge in [-0.15, -0.1) is 0 Å². The molecule has 0 radical (unpaired) electrons. The van der Waals surface area contributed by atoms with Crippen LogP contribution in [0.15, 0.2) is 65.5 Å². The van der Waals surface area contributed by atoms with Gasteiger partial charge in [0.05, 0.1) is 23.9 Å². The Labute approximate surface area is 179 Å². The van der Waals surface area contributed by atoms with Crippen molar-refractivity contribution in [2.24, 2.45) is 0 Å². The smallest absolute Gasteiger partial charge is 0.276 e. The first-order valence-corrected chi connectivity index (χ1v) is 9.85. The van der Waals surface area contributed by atoms with Crippen LogP contribution >= 0.6 is 11.6 Å². The predicted molar refractivity (Wildman–Crippen MR) is 118 cm³/mol. The van der Waals surface area contributed by atoms with Gasteiger partial charge in [-0.1, -0.05) is 41.9 Å². The molecule has 0 aliphatic heterocycles. The van der Waals surface area contributed by atoms with Gasteiger partial charge in [0.25, 0.3) is 11.5 Å². The number of anilines is 2. The average Bonchev–Trinajstić information content (AvgIpc) is 2.75. The Hall–Kier alpha value is -3.16. The van der Waals surface area contributed by atoms with Crippen molar-refractivity contribution in [3.05, 3.63) is 87.3 Å². The molecule has 0 bridgehead atoms. The number of hydrogen-bond donors (Lipinski definition) is 2. The standard InChI is InChI=1S/C22H23ClN4O3/c1-15(16-6-4-3-5-7-16)24-19-9-8-17(14-18(19)23)25-22(29)20-10-11-21(28)27(26-20)12-13-30-2/h3-11,14-15,24H,12-13H2,1-2H3,(H,25,29). The second-order valence-electron chi connectivity index (χ2n) is 6.70. The molecule has 3 rings (SSSR count). The molecule has 156 valence electrons. The van der Waals surface area contributed by atoms with Crippen molar-refractivity contribution in [2.75, 3.05) is 24.4 Å². The highest BCUT2D eigenvalue weighted by Gasteiger charge is 2.12. The van der Waals surface area contributed by atoms with Crippen molar-refractivity contribution < 1.29 is 9.53 Å². The van der Waals surface area contributed by atoms with Crippen molar-refractivity contribution in [3.63, 3.8) is 0 Å². The molecule has 1 aromatic heterocycles. The van der Waals surface area contributed by atoms with E-state index in [2.05, 4.69) is 15.7 Å². The van der Waals surface area contributed by atoms with Crippen LogP contribution in [0.4, 0.5) is 11.4 Å². The Morgan fingerprint density at radius 3 is 2.63 bits per heavy atom. The van der Waals surface area contributed by atoms with Gasteiger partial charge in [-0.25, -0.2) is 4.68 Å². The largest absolute Gasteiger partial charge is 0.383 e. The average molecular weight is 427 g/mol. The summed E-state index contributed by atoms with van der Waals surface area (Å²) in [5.74, 6) is -0.435. The normalized spacial score (nSPS) is 11.7. The second-order valence-corrected chi connectivity index (χ2v) is 7.11. The molecule has 0 aliphatic carbocycles. The van der Waals surface area contributed by atoms with Gasteiger partial charge >= 0.3 is 0 Å². The second kappa shape index (κ2) is 10.0. The molecule has 1 unspecified atom stereocenters. The number of nitrogens with zero attached hydrogens (tertiary/aromatic N) is 2. The van der Waals surface area contributed by atoms with Crippen LogP contribution in [0.5, 0.6) is 0 Å². The van der Waals surface area contributed by atoms with E-state index >= 15 is 0 Å². The fourth-order valence-electron chi connectivity index (χ4n) is 2.87. The number of carbonyl (C=O) groups is 1. The van der Waals surface area contributed by atoms with E-state index < -0.39 is 5.91 Å². The third kappa shape index (κ3) is 5.46. The summed E-state index contributed by atoms with van der Waals surface area (Å²) in [6.07, 6.45) is 0. The number of hydrogen-bond acceptors (Lipinski definition) is 5. The molecule has 0 spiro atoms. The van der Waals surface area contributed by atoms with Crippen molar-refractivity contribution in [3.8, 4) is 0 Å². The van der Waals surface area contributed by atoms with Crippen LogP contribution in [-0.4, -0.2) is 29.4 Å². The van der Waals surface area contributed by atoms with Crippen LogP contribution in [0.2, 0.25) is 5.02 Å². The Bertz CT molecular complexity index is 1070. The zero-order chi connectivity index (χ0) is 21.5. The van der Waals surface area contributed by atoms with Gasteiger partial charge in [-0.05, 0) is 36.8 Å². The van der Waals surface area contributed by atoms with E-state index in [0.29, 0.717) is 17.3 Å². The summed E-state index contributed by atoms with van der Waals surface area (Å²) < 4.78 is 6.15. The molecule has 0 saturated carbocycles. The van der Waals surface area contributed by atoms with Gasteiger partial charge in [-0.2, -0.15) is 5.10 Å². The quantitative estimate of drug-likeness (QED) is 0.569. The summed E-state index contributed by atoms with van der Waals surface area (Å²) in [7, 11) is 1.53. The van der Waals surface area contributed by atoms with Crippen molar-refractivity contribution in [1.82, 2.24) is 9.78 Å². The first-order chi connectivity index (χ1) is 14.5. The Balaban J connectivity index is 1.69. The number of nitrogens with one attached hydrogen (secondary N) is 2. The number of rotatable bonds is 8. The number of methoxy groups -OCH3 is 1. The summed E-state index contributed by atoms with van der Waals surface area (Å²) in [4.78, 5) is 24.4. The number of amides is 1. The third-order valence-electron chi connectivity index (χ3n) is 4.51. The van der Waals surface area contributed by atoms with Gasteiger partial charge in [0.1, 0.15) is 5.69 Å². The highest BCUT2D eigenvalue weighted by molar-refractivity contribution is 6.33. The first-order valence-electron chi connectivity index (χ1n) is 9.47. The number of benzene rings is 2. The van der Waals surface area contributed by atoms with Gasteiger partial charge in [0, 0.05) is 24.9 Å². The highest BCUT2D eigenvalue weighted by Crippen LogP contribution is 2.29. The Morgan fingerprint density at radius 2 is 1.93 bits per heavy atom. The lowest BCUT2D eigenvalue weighted by Crippen LogP contribution is -2.27. The molecule has 1 atom stereocenters. The lowest BCUT2D eigenvalue weighted by Gasteiger charge is -2.17. The lowest BCUT2D eigenvalue weighted by molar-refractivity contribution is 0.101. The fourth-order valence-corrected chi connectivity index (χ4v) is 3.11. The van der Waals surface area contributed by atoms with E-state index in [1.54, 1.807) is 12.1 Å². The summed E-state index contributed by atoms with van der Waals surface area (Å²) >= 11 is 6.40. The molecule has 3 aromatic rings. The SMILES string of the molecule is COCCn1nc(C(=O)Nc2ccc(NC(C)c3ccccc3)c(Cl)c2)ccc1=O. The van der Waals surface area contributed by atoms with E-state index in [9.17, 15) is 9.59 Å². The Kier molecular flexibility index (Phi) is 7.21. The topological polar surface area (TPSA) is 85.2 Å². The van der Waals surface area contributed by atoms with Crippen molar-refractivity contribution >= 4 is 28.9 Å². The zero-order valence-corrected chi connectivity index (χ0v) is 17.5. The molecule has 1 amide bonds. The number of ether oxygens (including phenoxy) is 1. The van der Waals surface area contributed by atoms with Crippen molar-refractivity contribution in [2.45, 2.75) is 19.5 Å². The predicted octanol–water partition coefficient (Wildman–Crippen LogP) is 3.97. The molecule has 8 heteroatoms. The lowest BCUT2D eigenvalue weighted by atomic mass is 10.1. The van der Waals surface area contributed by atoms with Crippen LogP contribution in [0, 0.1) is 0 Å². The van der Waals surface area contributed by atoms with Crippen LogP contribution in [0.3, 0.4) is 0 Å². The maximum absolute atomic E-state index is 12.5. The molecule has 2 aromatic carbocycles. The molecule has 1 heterocycles. The van der Waals surface area contributed by atoms with Crippen LogP contribution < -0.4 is 16.2 Å². The maximum Gasteiger partial charge on any atom is 0.276 e. The summed E-state index contributed by atoms with van der Waals surface area (Å²) in [6, 6.07) is 18.0.